The summed E-state index contributed by atoms with van der Waals surface area (Å²) in [4.78, 5) is 20.1. The molecule has 4 rings (SSSR count). The molecular weight excluding hydrogens is 300 g/mol. The maximum atomic E-state index is 11.0. The molecule has 0 amide bonds. The first-order chi connectivity index (χ1) is 11.7. The van der Waals surface area contributed by atoms with Gasteiger partial charge in [0.1, 0.15) is 5.75 Å². The third-order valence-corrected chi connectivity index (χ3v) is 3.86. The van der Waals surface area contributed by atoms with Gasteiger partial charge in [0.15, 0.2) is 5.82 Å². The highest BCUT2D eigenvalue weighted by atomic mass is 16.5. The summed E-state index contributed by atoms with van der Waals surface area (Å²) in [6, 6.07) is 19.5. The number of carbonyl (C=O) groups excluding carboxylic acids is 1. The van der Waals surface area contributed by atoms with Gasteiger partial charge in [0, 0.05) is 24.1 Å². The molecule has 0 bridgehead atoms. The molecule has 1 heterocycles. The van der Waals surface area contributed by atoms with Crippen molar-refractivity contribution in [1.29, 1.82) is 0 Å². The first kappa shape index (κ1) is 14.3. The lowest BCUT2D eigenvalue weighted by Crippen LogP contribution is -2.01. The number of nitrogens with zero attached hydrogens (tertiary/aromatic N) is 2. The minimum Gasteiger partial charge on any atom is -0.427 e. The van der Waals surface area contributed by atoms with E-state index >= 15 is 0 Å². The van der Waals surface area contributed by atoms with Crippen molar-refractivity contribution in [2.24, 2.45) is 0 Å². The van der Waals surface area contributed by atoms with E-state index in [1.165, 1.54) is 12.3 Å². The molecule has 0 spiro atoms. The van der Waals surface area contributed by atoms with Gasteiger partial charge in [-0.3, -0.25) is 4.79 Å². The van der Waals surface area contributed by atoms with Crippen LogP contribution in [-0.4, -0.2) is 15.9 Å². The Morgan fingerprint density at radius 1 is 0.917 bits per heavy atom. The SMILES string of the molecule is CC(=O)Oc1ccc(-c2ncc3c(ccc4ccccc43)n2)cc1. The average Bonchev–Trinajstić information content (AvgIpc) is 2.61. The highest BCUT2D eigenvalue weighted by molar-refractivity contribution is 6.05. The van der Waals surface area contributed by atoms with E-state index in [-0.39, 0.29) is 5.97 Å². The minimum absolute atomic E-state index is 0.336. The molecule has 0 atom stereocenters. The van der Waals surface area contributed by atoms with Gasteiger partial charge in [0.25, 0.3) is 0 Å². The lowest BCUT2D eigenvalue weighted by Gasteiger charge is -2.06. The van der Waals surface area contributed by atoms with Crippen molar-refractivity contribution < 1.29 is 9.53 Å². The van der Waals surface area contributed by atoms with Crippen molar-refractivity contribution in [2.75, 3.05) is 0 Å². The van der Waals surface area contributed by atoms with E-state index in [2.05, 4.69) is 28.2 Å². The van der Waals surface area contributed by atoms with E-state index < -0.39 is 0 Å². The number of esters is 1. The zero-order valence-electron chi connectivity index (χ0n) is 13.1. The minimum atomic E-state index is -0.336. The first-order valence-corrected chi connectivity index (χ1v) is 7.64. The van der Waals surface area contributed by atoms with Gasteiger partial charge in [-0.25, -0.2) is 9.97 Å². The van der Waals surface area contributed by atoms with Gasteiger partial charge in [-0.05, 0) is 41.1 Å². The van der Waals surface area contributed by atoms with Crippen molar-refractivity contribution >= 4 is 27.6 Å². The lowest BCUT2D eigenvalue weighted by atomic mass is 10.1. The predicted octanol–water partition coefficient (Wildman–Crippen LogP) is 4.38. The molecule has 0 radical (unpaired) electrons. The molecule has 0 aliphatic carbocycles. The van der Waals surface area contributed by atoms with Crippen LogP contribution in [0, 0.1) is 0 Å². The number of fused-ring (bicyclic) bond motifs is 3. The van der Waals surface area contributed by atoms with Gasteiger partial charge >= 0.3 is 5.97 Å². The van der Waals surface area contributed by atoms with E-state index in [0.29, 0.717) is 11.6 Å². The Labute approximate surface area is 138 Å². The molecule has 4 heteroatoms. The second-order valence-electron chi connectivity index (χ2n) is 5.53. The van der Waals surface area contributed by atoms with Gasteiger partial charge in [0.2, 0.25) is 0 Å². The maximum Gasteiger partial charge on any atom is 0.308 e. The van der Waals surface area contributed by atoms with Gasteiger partial charge in [-0.1, -0.05) is 30.3 Å². The molecule has 0 unspecified atom stereocenters. The maximum absolute atomic E-state index is 11.0. The molecule has 0 N–H and O–H groups in total. The number of rotatable bonds is 2. The normalized spacial score (nSPS) is 10.9. The van der Waals surface area contributed by atoms with Crippen LogP contribution in [0.3, 0.4) is 0 Å². The monoisotopic (exact) mass is 314 g/mol. The predicted molar refractivity (Wildman–Crippen MR) is 93.8 cm³/mol. The van der Waals surface area contributed by atoms with Crippen molar-refractivity contribution in [3.63, 3.8) is 0 Å². The highest BCUT2D eigenvalue weighted by Gasteiger charge is 2.07. The summed E-state index contributed by atoms with van der Waals surface area (Å²) < 4.78 is 5.04. The molecule has 0 saturated carbocycles. The Kier molecular flexibility index (Phi) is 3.43. The van der Waals surface area contributed by atoms with E-state index in [9.17, 15) is 4.79 Å². The third kappa shape index (κ3) is 2.58. The Bertz CT molecular complexity index is 1060. The average molecular weight is 314 g/mol. The number of carbonyl (C=O) groups is 1. The van der Waals surface area contributed by atoms with Crippen LogP contribution in [-0.2, 0) is 4.79 Å². The molecule has 0 aliphatic rings. The highest BCUT2D eigenvalue weighted by Crippen LogP contribution is 2.26. The number of hydrogen-bond acceptors (Lipinski definition) is 4. The number of ether oxygens (including phenoxy) is 1. The quantitative estimate of drug-likeness (QED) is 0.313. The van der Waals surface area contributed by atoms with Crippen LogP contribution >= 0.6 is 0 Å². The Balaban J connectivity index is 1.77. The summed E-state index contributed by atoms with van der Waals surface area (Å²) >= 11 is 0. The standard InChI is InChI=1S/C20H14N2O2/c1-13(23)24-16-9-6-15(7-10-16)20-21-12-18-17-5-3-2-4-14(17)8-11-19(18)22-20/h2-12H,1H3. The molecule has 24 heavy (non-hydrogen) atoms. The summed E-state index contributed by atoms with van der Waals surface area (Å²) in [5, 5.41) is 3.35. The Morgan fingerprint density at radius 3 is 2.50 bits per heavy atom. The van der Waals surface area contributed by atoms with Crippen molar-refractivity contribution in [3.8, 4) is 17.1 Å². The fourth-order valence-corrected chi connectivity index (χ4v) is 2.76. The fraction of sp³-hybridized carbons (Fsp3) is 0.0500. The molecule has 0 aliphatic heterocycles. The van der Waals surface area contributed by atoms with Crippen LogP contribution in [0.4, 0.5) is 0 Å². The molecule has 0 fully saturated rings. The number of hydrogen-bond donors (Lipinski definition) is 0. The molecule has 4 nitrogen and oxygen atoms in total. The molecule has 3 aromatic carbocycles. The van der Waals surface area contributed by atoms with E-state index in [1.54, 1.807) is 12.1 Å². The summed E-state index contributed by atoms with van der Waals surface area (Å²) in [6.45, 7) is 1.38. The zero-order valence-corrected chi connectivity index (χ0v) is 13.1. The summed E-state index contributed by atoms with van der Waals surface area (Å²) in [6.07, 6.45) is 1.86. The second kappa shape index (κ2) is 5.74. The van der Waals surface area contributed by atoms with Crippen LogP contribution in [0.5, 0.6) is 5.75 Å². The molecular formula is C20H14N2O2. The molecule has 116 valence electrons. The zero-order chi connectivity index (χ0) is 16.5. The van der Waals surface area contributed by atoms with Crippen LogP contribution < -0.4 is 4.74 Å². The third-order valence-electron chi connectivity index (χ3n) is 3.86. The Morgan fingerprint density at radius 2 is 1.71 bits per heavy atom. The smallest absolute Gasteiger partial charge is 0.308 e. The molecule has 0 saturated heterocycles. The largest absolute Gasteiger partial charge is 0.427 e. The molecule has 1 aromatic heterocycles. The van der Waals surface area contributed by atoms with Gasteiger partial charge in [0.05, 0.1) is 5.52 Å². The molecule has 4 aromatic rings. The first-order valence-electron chi connectivity index (χ1n) is 7.64. The lowest BCUT2D eigenvalue weighted by molar-refractivity contribution is -0.131. The summed E-state index contributed by atoms with van der Waals surface area (Å²) in [5.41, 5.74) is 1.78. The van der Waals surface area contributed by atoms with Crippen LogP contribution in [0.1, 0.15) is 6.92 Å². The van der Waals surface area contributed by atoms with E-state index in [0.717, 1.165) is 21.9 Å². The second-order valence-corrected chi connectivity index (χ2v) is 5.53. The summed E-state index contributed by atoms with van der Waals surface area (Å²) in [5.74, 6) is 0.821. The summed E-state index contributed by atoms with van der Waals surface area (Å²) in [7, 11) is 0. The Hall–Kier alpha value is -3.27. The fourth-order valence-electron chi connectivity index (χ4n) is 2.76. The topological polar surface area (TPSA) is 52.1 Å². The van der Waals surface area contributed by atoms with Crippen LogP contribution in [0.2, 0.25) is 0 Å². The van der Waals surface area contributed by atoms with Gasteiger partial charge in [-0.15, -0.1) is 0 Å². The van der Waals surface area contributed by atoms with E-state index in [4.69, 9.17) is 4.74 Å². The van der Waals surface area contributed by atoms with E-state index in [1.807, 2.05) is 36.5 Å². The van der Waals surface area contributed by atoms with Crippen molar-refractivity contribution in [3.05, 3.63) is 66.9 Å². The number of aromatic nitrogens is 2. The van der Waals surface area contributed by atoms with Crippen LogP contribution in [0.25, 0.3) is 33.1 Å². The van der Waals surface area contributed by atoms with Crippen LogP contribution in [0.15, 0.2) is 66.9 Å². The van der Waals surface area contributed by atoms with Crippen molar-refractivity contribution in [1.82, 2.24) is 9.97 Å². The van der Waals surface area contributed by atoms with Gasteiger partial charge < -0.3 is 4.74 Å². The van der Waals surface area contributed by atoms with Crippen molar-refractivity contribution in [2.45, 2.75) is 6.92 Å². The van der Waals surface area contributed by atoms with Gasteiger partial charge in [-0.2, -0.15) is 0 Å². The number of benzene rings is 3.